The molecule has 1 heterocycles. The van der Waals surface area contributed by atoms with Crippen LogP contribution < -0.4 is 10.1 Å². The van der Waals surface area contributed by atoms with Gasteiger partial charge in [-0.2, -0.15) is 0 Å². The Morgan fingerprint density at radius 1 is 1.06 bits per heavy atom. The molecule has 1 aliphatic heterocycles. The number of ether oxygens (including phenoxy) is 2. The average molecular weight is 456 g/mol. The number of likely N-dealkylation sites (N-methyl/N-ethyl adjacent to an activating group) is 1. The standard InChI is InChI=1S/C23H25N3O5S/c1-25-21(28)19(14-20(27)24-17-8-6-16(7-9-17)22(29)31-3)26(23(25)32)13-12-15-4-10-18(30-2)11-5-15/h4-11,19H,12-14H2,1-3H3,(H,24,27)/t19-/m0/s1. The summed E-state index contributed by atoms with van der Waals surface area (Å²) in [4.78, 5) is 40.1. The van der Waals surface area contributed by atoms with Crippen LogP contribution in [0, 0.1) is 0 Å². The minimum Gasteiger partial charge on any atom is -0.497 e. The maximum absolute atomic E-state index is 12.7. The Bertz CT molecular complexity index is 1010. The van der Waals surface area contributed by atoms with E-state index in [-0.39, 0.29) is 18.2 Å². The molecule has 8 nitrogen and oxygen atoms in total. The number of nitrogens with zero attached hydrogens (tertiary/aromatic N) is 2. The molecule has 32 heavy (non-hydrogen) atoms. The maximum Gasteiger partial charge on any atom is 0.337 e. The first-order valence-corrected chi connectivity index (χ1v) is 10.4. The molecule has 9 heteroatoms. The van der Waals surface area contributed by atoms with Gasteiger partial charge in [0.05, 0.1) is 26.2 Å². The van der Waals surface area contributed by atoms with Gasteiger partial charge in [0.1, 0.15) is 11.8 Å². The van der Waals surface area contributed by atoms with E-state index in [0.717, 1.165) is 11.3 Å². The SMILES string of the molecule is COC(=O)c1ccc(NC(=O)C[C@H]2C(=O)N(C)C(=S)N2CCc2ccc(OC)cc2)cc1. The number of esters is 1. The van der Waals surface area contributed by atoms with Crippen molar-refractivity contribution in [2.24, 2.45) is 0 Å². The van der Waals surface area contributed by atoms with Gasteiger partial charge in [-0.1, -0.05) is 12.1 Å². The number of amides is 2. The second kappa shape index (κ2) is 10.2. The summed E-state index contributed by atoms with van der Waals surface area (Å²) >= 11 is 5.44. The van der Waals surface area contributed by atoms with E-state index in [1.165, 1.54) is 12.0 Å². The first kappa shape index (κ1) is 23.2. The first-order valence-electron chi connectivity index (χ1n) is 10.0. The third-order valence-corrected chi connectivity index (χ3v) is 5.80. The summed E-state index contributed by atoms with van der Waals surface area (Å²) in [5.41, 5.74) is 1.98. The van der Waals surface area contributed by atoms with Crippen LogP contribution in [0.4, 0.5) is 5.69 Å². The molecule has 1 fully saturated rings. The van der Waals surface area contributed by atoms with Crippen LogP contribution in [0.3, 0.4) is 0 Å². The fourth-order valence-corrected chi connectivity index (χ4v) is 3.77. The van der Waals surface area contributed by atoms with Crippen LogP contribution >= 0.6 is 12.2 Å². The van der Waals surface area contributed by atoms with Crippen molar-refractivity contribution < 1.29 is 23.9 Å². The molecular weight excluding hydrogens is 430 g/mol. The maximum atomic E-state index is 12.7. The van der Waals surface area contributed by atoms with E-state index in [2.05, 4.69) is 10.1 Å². The topological polar surface area (TPSA) is 88.2 Å². The predicted octanol–water partition coefficient (Wildman–Crippen LogP) is 2.48. The lowest BCUT2D eigenvalue weighted by Crippen LogP contribution is -2.39. The van der Waals surface area contributed by atoms with Crippen molar-refractivity contribution in [2.75, 3.05) is 33.1 Å². The largest absolute Gasteiger partial charge is 0.497 e. The molecule has 0 aliphatic carbocycles. The molecule has 0 unspecified atom stereocenters. The second-order valence-corrected chi connectivity index (χ2v) is 7.67. The number of anilines is 1. The zero-order valence-electron chi connectivity index (χ0n) is 18.2. The number of hydrogen-bond acceptors (Lipinski definition) is 6. The van der Waals surface area contributed by atoms with Gasteiger partial charge in [-0.3, -0.25) is 14.5 Å². The number of rotatable bonds is 8. The Balaban J connectivity index is 1.64. The van der Waals surface area contributed by atoms with E-state index in [0.29, 0.717) is 29.3 Å². The fourth-order valence-electron chi connectivity index (χ4n) is 3.46. The molecule has 0 spiro atoms. The van der Waals surface area contributed by atoms with E-state index in [9.17, 15) is 14.4 Å². The van der Waals surface area contributed by atoms with Crippen LogP contribution in [-0.4, -0.2) is 66.5 Å². The van der Waals surface area contributed by atoms with Crippen LogP contribution in [0.1, 0.15) is 22.3 Å². The molecule has 3 rings (SSSR count). The number of hydrogen-bond donors (Lipinski definition) is 1. The van der Waals surface area contributed by atoms with Crippen molar-refractivity contribution in [3.63, 3.8) is 0 Å². The molecule has 1 saturated heterocycles. The Hall–Kier alpha value is -3.46. The summed E-state index contributed by atoms with van der Waals surface area (Å²) in [5.74, 6) is -0.208. The van der Waals surface area contributed by atoms with Gasteiger partial charge in [0, 0.05) is 19.3 Å². The number of thiocarbonyl (C=S) groups is 1. The predicted molar refractivity (Wildman–Crippen MR) is 124 cm³/mol. The minimum atomic E-state index is -0.667. The molecule has 1 N–H and O–H groups in total. The highest BCUT2D eigenvalue weighted by Gasteiger charge is 2.41. The molecule has 0 saturated carbocycles. The smallest absolute Gasteiger partial charge is 0.337 e. The van der Waals surface area contributed by atoms with Crippen molar-refractivity contribution in [1.29, 1.82) is 0 Å². The van der Waals surface area contributed by atoms with Crippen molar-refractivity contribution in [2.45, 2.75) is 18.9 Å². The van der Waals surface area contributed by atoms with Crippen molar-refractivity contribution >= 4 is 40.8 Å². The summed E-state index contributed by atoms with van der Waals surface area (Å²) in [7, 11) is 4.54. The van der Waals surface area contributed by atoms with E-state index in [1.54, 1.807) is 43.3 Å². The van der Waals surface area contributed by atoms with Crippen LogP contribution in [0.15, 0.2) is 48.5 Å². The summed E-state index contributed by atoms with van der Waals surface area (Å²) in [5, 5.41) is 3.17. The average Bonchev–Trinajstić information content (AvgIpc) is 3.01. The van der Waals surface area contributed by atoms with Gasteiger partial charge in [0.2, 0.25) is 5.91 Å². The molecule has 1 aliphatic rings. The van der Waals surface area contributed by atoms with E-state index >= 15 is 0 Å². The molecule has 0 aromatic heterocycles. The third kappa shape index (κ3) is 5.23. The van der Waals surface area contributed by atoms with E-state index < -0.39 is 12.0 Å². The molecule has 0 radical (unpaired) electrons. The van der Waals surface area contributed by atoms with Crippen molar-refractivity contribution in [3.8, 4) is 5.75 Å². The second-order valence-electron chi connectivity index (χ2n) is 7.31. The van der Waals surface area contributed by atoms with Crippen molar-refractivity contribution in [1.82, 2.24) is 9.80 Å². The highest BCUT2D eigenvalue weighted by Crippen LogP contribution is 2.21. The Kier molecular flexibility index (Phi) is 7.42. The Labute approximate surface area is 192 Å². The molecule has 0 bridgehead atoms. The summed E-state index contributed by atoms with van der Waals surface area (Å²) in [6.07, 6.45) is 0.628. The lowest BCUT2D eigenvalue weighted by molar-refractivity contribution is -0.130. The number of nitrogens with one attached hydrogen (secondary N) is 1. The summed E-state index contributed by atoms with van der Waals surface area (Å²) in [6.45, 7) is 0.507. The highest BCUT2D eigenvalue weighted by atomic mass is 32.1. The lowest BCUT2D eigenvalue weighted by Gasteiger charge is -2.23. The van der Waals surface area contributed by atoms with Crippen molar-refractivity contribution in [3.05, 3.63) is 59.7 Å². The van der Waals surface area contributed by atoms with Crippen LogP contribution in [0.5, 0.6) is 5.75 Å². The minimum absolute atomic E-state index is 0.0370. The summed E-state index contributed by atoms with van der Waals surface area (Å²) < 4.78 is 9.84. The highest BCUT2D eigenvalue weighted by molar-refractivity contribution is 7.80. The zero-order chi connectivity index (χ0) is 23.3. The van der Waals surface area contributed by atoms with Gasteiger partial charge in [-0.15, -0.1) is 0 Å². The molecule has 2 amide bonds. The lowest BCUT2D eigenvalue weighted by atomic mass is 10.1. The van der Waals surface area contributed by atoms with Crippen LogP contribution in [-0.2, 0) is 20.7 Å². The third-order valence-electron chi connectivity index (χ3n) is 5.29. The first-order chi connectivity index (χ1) is 15.3. The van der Waals surface area contributed by atoms with Gasteiger partial charge in [-0.25, -0.2) is 4.79 Å². The molecule has 2 aromatic rings. The van der Waals surface area contributed by atoms with Crippen LogP contribution in [0.2, 0.25) is 0 Å². The van der Waals surface area contributed by atoms with Gasteiger partial charge >= 0.3 is 5.97 Å². The molecule has 1 atom stereocenters. The normalized spacial score (nSPS) is 15.7. The number of carbonyl (C=O) groups is 3. The number of carbonyl (C=O) groups excluding carboxylic acids is 3. The van der Waals surface area contributed by atoms with E-state index in [4.69, 9.17) is 17.0 Å². The zero-order valence-corrected chi connectivity index (χ0v) is 19.0. The van der Waals surface area contributed by atoms with Gasteiger partial charge in [0.25, 0.3) is 5.91 Å². The van der Waals surface area contributed by atoms with E-state index in [1.807, 2.05) is 24.3 Å². The van der Waals surface area contributed by atoms with Crippen LogP contribution in [0.25, 0.3) is 0 Å². The Morgan fingerprint density at radius 2 is 1.72 bits per heavy atom. The molecule has 2 aromatic carbocycles. The number of benzene rings is 2. The fraction of sp³-hybridized carbons (Fsp3) is 0.304. The van der Waals surface area contributed by atoms with Gasteiger partial charge in [0.15, 0.2) is 5.11 Å². The Morgan fingerprint density at radius 3 is 2.31 bits per heavy atom. The summed E-state index contributed by atoms with van der Waals surface area (Å²) in [6, 6.07) is 13.4. The van der Waals surface area contributed by atoms with Gasteiger partial charge < -0.3 is 19.7 Å². The molecule has 168 valence electrons. The monoisotopic (exact) mass is 455 g/mol. The van der Waals surface area contributed by atoms with Gasteiger partial charge in [-0.05, 0) is 60.6 Å². The number of methoxy groups -OCH3 is 2. The molecular formula is C23H25N3O5S. The quantitative estimate of drug-likeness (QED) is 0.483.